The molecule has 2 aliphatic heterocycles. The molecule has 27 heavy (non-hydrogen) atoms. The highest BCUT2D eigenvalue weighted by Crippen LogP contribution is 2.21. The molecule has 0 aromatic carbocycles. The van der Waals surface area contributed by atoms with Gasteiger partial charge in [0.15, 0.2) is 12.4 Å². The number of amides is 1. The monoisotopic (exact) mass is 373 g/mol. The summed E-state index contributed by atoms with van der Waals surface area (Å²) in [5.41, 5.74) is 6.91. The Hall–Kier alpha value is -2.31. The molecule has 7 heteroatoms. The number of anilines is 1. The van der Waals surface area contributed by atoms with E-state index < -0.39 is 0 Å². The molecule has 0 unspecified atom stereocenters. The Balaban J connectivity index is 1.58. The number of carbonyl (C=O) groups excluding carboxylic acids is 1. The average Bonchev–Trinajstić information content (AvgIpc) is 2.68. The molecular weight excluding hydrogens is 342 g/mol. The van der Waals surface area contributed by atoms with Gasteiger partial charge in [-0.15, -0.1) is 0 Å². The van der Waals surface area contributed by atoms with Crippen molar-refractivity contribution in [2.45, 2.75) is 51.4 Å². The van der Waals surface area contributed by atoms with Gasteiger partial charge in [0.05, 0.1) is 5.56 Å². The first-order valence-electron chi connectivity index (χ1n) is 10.2. The van der Waals surface area contributed by atoms with Crippen LogP contribution in [0.3, 0.4) is 0 Å². The van der Waals surface area contributed by atoms with Gasteiger partial charge in [0.2, 0.25) is 0 Å². The number of rotatable bonds is 5. The van der Waals surface area contributed by atoms with Crippen molar-refractivity contribution >= 4 is 17.6 Å². The van der Waals surface area contributed by atoms with E-state index in [1.165, 1.54) is 25.7 Å². The maximum absolute atomic E-state index is 12.4. The van der Waals surface area contributed by atoms with E-state index in [9.17, 15) is 4.79 Å². The molecule has 2 aliphatic rings. The fourth-order valence-electron chi connectivity index (χ4n) is 3.75. The molecule has 3 heterocycles. The van der Waals surface area contributed by atoms with Crippen LogP contribution in [0, 0.1) is 0 Å². The standard InChI is InChI=1S/C20H31N5O2/c21-19(17-10-9-11-22-20(17)25-14-7-4-8-15-25)23-27-16-18(26)24-12-5-2-1-3-6-13-24/h9-11H,1-8,12-16H2,(H2,21,23). The summed E-state index contributed by atoms with van der Waals surface area (Å²) in [5.74, 6) is 1.09. The van der Waals surface area contributed by atoms with Gasteiger partial charge in [-0.05, 0) is 44.2 Å². The van der Waals surface area contributed by atoms with Crippen LogP contribution in [-0.2, 0) is 9.63 Å². The maximum atomic E-state index is 12.4. The predicted molar refractivity (Wildman–Crippen MR) is 107 cm³/mol. The minimum absolute atomic E-state index is 0.0177. The molecule has 3 rings (SSSR count). The highest BCUT2D eigenvalue weighted by Gasteiger charge is 2.18. The van der Waals surface area contributed by atoms with Crippen LogP contribution in [0.1, 0.15) is 56.9 Å². The lowest BCUT2D eigenvalue weighted by atomic mass is 10.1. The third-order valence-corrected chi connectivity index (χ3v) is 5.28. The van der Waals surface area contributed by atoms with Gasteiger partial charge in [-0.3, -0.25) is 4.79 Å². The first kappa shape index (κ1) is 19.5. The van der Waals surface area contributed by atoms with Crippen LogP contribution in [-0.4, -0.2) is 54.4 Å². The number of amidine groups is 1. The summed E-state index contributed by atoms with van der Waals surface area (Å²) in [5, 5.41) is 4.01. The van der Waals surface area contributed by atoms with Crippen molar-refractivity contribution in [2.75, 3.05) is 37.7 Å². The lowest BCUT2D eigenvalue weighted by Crippen LogP contribution is -2.36. The maximum Gasteiger partial charge on any atom is 0.263 e. The smallest absolute Gasteiger partial charge is 0.263 e. The molecule has 1 aromatic rings. The van der Waals surface area contributed by atoms with Gasteiger partial charge < -0.3 is 20.4 Å². The van der Waals surface area contributed by atoms with Crippen LogP contribution in [0.5, 0.6) is 0 Å². The molecule has 0 radical (unpaired) electrons. The van der Waals surface area contributed by atoms with Gasteiger partial charge in [0.25, 0.3) is 5.91 Å². The largest absolute Gasteiger partial charge is 0.384 e. The van der Waals surface area contributed by atoms with Crippen molar-refractivity contribution in [3.8, 4) is 0 Å². The van der Waals surface area contributed by atoms with Crippen LogP contribution in [0.2, 0.25) is 0 Å². The average molecular weight is 374 g/mol. The van der Waals surface area contributed by atoms with E-state index in [0.717, 1.165) is 63.2 Å². The summed E-state index contributed by atoms with van der Waals surface area (Å²) < 4.78 is 0. The van der Waals surface area contributed by atoms with Gasteiger partial charge in [-0.2, -0.15) is 0 Å². The molecule has 2 N–H and O–H groups in total. The third kappa shape index (κ3) is 5.58. The molecule has 0 bridgehead atoms. The molecule has 7 nitrogen and oxygen atoms in total. The van der Waals surface area contributed by atoms with Crippen molar-refractivity contribution in [1.29, 1.82) is 0 Å². The van der Waals surface area contributed by atoms with Gasteiger partial charge >= 0.3 is 0 Å². The van der Waals surface area contributed by atoms with Gasteiger partial charge in [0.1, 0.15) is 5.82 Å². The van der Waals surface area contributed by atoms with E-state index in [1.54, 1.807) is 6.20 Å². The number of hydrogen-bond donors (Lipinski definition) is 1. The number of piperidine rings is 1. The Morgan fingerprint density at radius 3 is 2.41 bits per heavy atom. The SMILES string of the molecule is N/C(=N\OCC(=O)N1CCCCCCC1)c1cccnc1N1CCCCC1. The Labute approximate surface area is 161 Å². The summed E-state index contributed by atoms with van der Waals surface area (Å²) in [6, 6.07) is 3.75. The second kappa shape index (κ2) is 10.1. The number of pyridine rings is 1. The van der Waals surface area contributed by atoms with E-state index in [2.05, 4.69) is 15.0 Å². The molecular formula is C20H31N5O2. The van der Waals surface area contributed by atoms with E-state index in [0.29, 0.717) is 0 Å². The second-order valence-electron chi connectivity index (χ2n) is 7.32. The number of aromatic nitrogens is 1. The summed E-state index contributed by atoms with van der Waals surface area (Å²) >= 11 is 0. The van der Waals surface area contributed by atoms with Gasteiger partial charge in [-0.25, -0.2) is 4.98 Å². The number of oxime groups is 1. The number of carbonyl (C=O) groups is 1. The first-order chi connectivity index (χ1) is 13.3. The second-order valence-corrected chi connectivity index (χ2v) is 7.32. The molecule has 0 aliphatic carbocycles. The van der Waals surface area contributed by atoms with Crippen molar-refractivity contribution < 1.29 is 9.63 Å². The zero-order valence-electron chi connectivity index (χ0n) is 16.1. The zero-order chi connectivity index (χ0) is 18.9. The Bertz CT molecular complexity index is 635. The third-order valence-electron chi connectivity index (χ3n) is 5.28. The van der Waals surface area contributed by atoms with Crippen LogP contribution < -0.4 is 10.6 Å². The molecule has 148 valence electrons. The fraction of sp³-hybridized carbons (Fsp3) is 0.650. The topological polar surface area (TPSA) is 84.0 Å². The molecule has 1 amide bonds. The molecule has 0 spiro atoms. The summed E-state index contributed by atoms with van der Waals surface area (Å²) in [6.45, 7) is 3.50. The lowest BCUT2D eigenvalue weighted by Gasteiger charge is -2.29. The first-order valence-corrected chi connectivity index (χ1v) is 10.2. The predicted octanol–water partition coefficient (Wildman–Crippen LogP) is 2.50. The molecule has 2 saturated heterocycles. The normalized spacial score (nSPS) is 19.3. The summed E-state index contributed by atoms with van der Waals surface area (Å²) in [6.07, 6.45) is 11.1. The quantitative estimate of drug-likeness (QED) is 0.487. The summed E-state index contributed by atoms with van der Waals surface area (Å²) in [7, 11) is 0. The van der Waals surface area contributed by atoms with Crippen LogP contribution >= 0.6 is 0 Å². The summed E-state index contributed by atoms with van der Waals surface area (Å²) in [4.78, 5) is 26.3. The van der Waals surface area contributed by atoms with Crippen molar-refractivity contribution in [1.82, 2.24) is 9.88 Å². The number of nitrogens with two attached hydrogens (primary N) is 1. The number of likely N-dealkylation sites (tertiary alicyclic amines) is 1. The Morgan fingerprint density at radius 1 is 1.04 bits per heavy atom. The van der Waals surface area contributed by atoms with Crippen LogP contribution in [0.15, 0.2) is 23.5 Å². The van der Waals surface area contributed by atoms with E-state index >= 15 is 0 Å². The van der Waals surface area contributed by atoms with E-state index in [1.807, 2.05) is 17.0 Å². The number of nitrogens with zero attached hydrogens (tertiary/aromatic N) is 4. The molecule has 0 atom stereocenters. The number of hydrogen-bond acceptors (Lipinski definition) is 5. The van der Waals surface area contributed by atoms with Crippen LogP contribution in [0.4, 0.5) is 5.82 Å². The van der Waals surface area contributed by atoms with Crippen molar-refractivity contribution in [2.24, 2.45) is 10.9 Å². The highest BCUT2D eigenvalue weighted by molar-refractivity contribution is 6.01. The van der Waals surface area contributed by atoms with Crippen molar-refractivity contribution in [3.05, 3.63) is 23.9 Å². The van der Waals surface area contributed by atoms with E-state index in [4.69, 9.17) is 10.6 Å². The van der Waals surface area contributed by atoms with E-state index in [-0.39, 0.29) is 18.3 Å². The van der Waals surface area contributed by atoms with Gasteiger partial charge in [0, 0.05) is 32.4 Å². The lowest BCUT2D eigenvalue weighted by molar-refractivity contribution is -0.136. The van der Waals surface area contributed by atoms with Crippen LogP contribution in [0.25, 0.3) is 0 Å². The molecule has 0 saturated carbocycles. The fourth-order valence-corrected chi connectivity index (χ4v) is 3.75. The molecule has 2 fully saturated rings. The minimum Gasteiger partial charge on any atom is -0.384 e. The Morgan fingerprint density at radius 2 is 1.67 bits per heavy atom. The minimum atomic E-state index is -0.0694. The highest BCUT2D eigenvalue weighted by atomic mass is 16.6. The zero-order valence-corrected chi connectivity index (χ0v) is 16.1. The van der Waals surface area contributed by atoms with Gasteiger partial charge in [-0.1, -0.05) is 24.4 Å². The van der Waals surface area contributed by atoms with Crippen molar-refractivity contribution in [3.63, 3.8) is 0 Å². The Kier molecular flexibility index (Phi) is 7.30. The molecule has 1 aromatic heterocycles.